The summed E-state index contributed by atoms with van der Waals surface area (Å²) in [5, 5.41) is 11.9. The standard InChI is InChI=1S/C18H14N4O2S3/c23-15(11-25-17-19-13-8-4-5-9-14(13)24-17)20-16-21-22-18(27-16)26-10-12-6-2-1-3-7-12/h1-9H,10-11H2,(H,20,21,23). The van der Waals surface area contributed by atoms with Gasteiger partial charge in [0.1, 0.15) is 5.52 Å². The molecule has 1 amide bonds. The molecule has 0 spiro atoms. The van der Waals surface area contributed by atoms with Gasteiger partial charge in [0.2, 0.25) is 11.0 Å². The summed E-state index contributed by atoms with van der Waals surface area (Å²) in [6, 6.07) is 17.7. The zero-order chi connectivity index (χ0) is 18.5. The highest BCUT2D eigenvalue weighted by molar-refractivity contribution is 8.00. The van der Waals surface area contributed by atoms with Crippen molar-refractivity contribution in [1.82, 2.24) is 15.2 Å². The van der Waals surface area contributed by atoms with Gasteiger partial charge in [0.15, 0.2) is 9.92 Å². The van der Waals surface area contributed by atoms with Crippen LogP contribution in [-0.4, -0.2) is 26.8 Å². The third-order valence-electron chi connectivity index (χ3n) is 3.46. The highest BCUT2D eigenvalue weighted by atomic mass is 32.2. The molecule has 2 heterocycles. The van der Waals surface area contributed by atoms with Gasteiger partial charge in [0, 0.05) is 5.75 Å². The summed E-state index contributed by atoms with van der Waals surface area (Å²) in [5.41, 5.74) is 2.72. The van der Waals surface area contributed by atoms with E-state index in [1.807, 2.05) is 42.5 Å². The number of aromatic nitrogens is 3. The summed E-state index contributed by atoms with van der Waals surface area (Å²) in [5.74, 6) is 0.841. The lowest BCUT2D eigenvalue weighted by atomic mass is 10.2. The normalized spacial score (nSPS) is 11.0. The predicted octanol–water partition coefficient (Wildman–Crippen LogP) is 4.70. The van der Waals surface area contributed by atoms with E-state index in [9.17, 15) is 4.79 Å². The number of thioether (sulfide) groups is 2. The number of carbonyl (C=O) groups is 1. The van der Waals surface area contributed by atoms with Gasteiger partial charge in [-0.1, -0.05) is 77.3 Å². The fourth-order valence-corrected chi connectivity index (χ4v) is 4.60. The topological polar surface area (TPSA) is 80.9 Å². The van der Waals surface area contributed by atoms with Gasteiger partial charge in [-0.15, -0.1) is 10.2 Å². The van der Waals surface area contributed by atoms with E-state index >= 15 is 0 Å². The van der Waals surface area contributed by atoms with Gasteiger partial charge in [0.25, 0.3) is 5.22 Å². The van der Waals surface area contributed by atoms with Gasteiger partial charge >= 0.3 is 0 Å². The molecular formula is C18H14N4O2S3. The molecule has 27 heavy (non-hydrogen) atoms. The molecule has 0 bridgehead atoms. The molecule has 0 aliphatic carbocycles. The Morgan fingerprint density at radius 3 is 2.70 bits per heavy atom. The van der Waals surface area contributed by atoms with Crippen LogP contribution in [0.25, 0.3) is 11.1 Å². The van der Waals surface area contributed by atoms with Crippen molar-refractivity contribution in [2.24, 2.45) is 0 Å². The summed E-state index contributed by atoms with van der Waals surface area (Å²) < 4.78 is 6.41. The van der Waals surface area contributed by atoms with Crippen LogP contribution < -0.4 is 5.32 Å². The number of nitrogens with zero attached hydrogens (tertiary/aromatic N) is 3. The van der Waals surface area contributed by atoms with Gasteiger partial charge < -0.3 is 4.42 Å². The number of fused-ring (bicyclic) bond motifs is 1. The van der Waals surface area contributed by atoms with E-state index in [0.29, 0.717) is 15.9 Å². The molecule has 0 aliphatic heterocycles. The van der Waals surface area contributed by atoms with E-state index in [0.717, 1.165) is 15.6 Å². The minimum Gasteiger partial charge on any atom is -0.431 e. The third-order valence-corrected chi connectivity index (χ3v) is 6.33. The monoisotopic (exact) mass is 414 g/mol. The predicted molar refractivity (Wildman–Crippen MR) is 109 cm³/mol. The van der Waals surface area contributed by atoms with Crippen molar-refractivity contribution in [1.29, 1.82) is 0 Å². The van der Waals surface area contributed by atoms with Crippen LogP contribution >= 0.6 is 34.9 Å². The molecule has 0 saturated carbocycles. The Labute approximate surface area is 167 Å². The van der Waals surface area contributed by atoms with E-state index in [1.165, 1.54) is 28.7 Å². The average Bonchev–Trinajstić information content (AvgIpc) is 3.32. The fourth-order valence-electron chi connectivity index (χ4n) is 2.23. The molecule has 0 aliphatic rings. The molecule has 0 saturated heterocycles. The SMILES string of the molecule is O=C(CSc1nc2ccccc2o1)Nc1nnc(SCc2ccccc2)s1. The zero-order valence-corrected chi connectivity index (χ0v) is 16.4. The van der Waals surface area contributed by atoms with Crippen LogP contribution in [0.15, 0.2) is 68.6 Å². The largest absolute Gasteiger partial charge is 0.431 e. The van der Waals surface area contributed by atoms with Crippen LogP contribution in [0, 0.1) is 0 Å². The lowest BCUT2D eigenvalue weighted by molar-refractivity contribution is -0.113. The van der Waals surface area contributed by atoms with E-state index in [4.69, 9.17) is 4.42 Å². The maximum absolute atomic E-state index is 12.1. The number of nitrogens with one attached hydrogen (secondary N) is 1. The molecule has 4 aromatic rings. The lowest BCUT2D eigenvalue weighted by Crippen LogP contribution is -2.13. The minimum atomic E-state index is -0.169. The Morgan fingerprint density at radius 2 is 1.85 bits per heavy atom. The Hall–Kier alpha value is -2.36. The number of rotatable bonds is 7. The Kier molecular flexibility index (Phi) is 5.71. The Balaban J connectivity index is 1.27. The first-order valence-electron chi connectivity index (χ1n) is 8.05. The van der Waals surface area contributed by atoms with Gasteiger partial charge in [-0.05, 0) is 17.7 Å². The summed E-state index contributed by atoms with van der Waals surface area (Å²) in [6.45, 7) is 0. The first-order chi connectivity index (χ1) is 13.3. The van der Waals surface area contributed by atoms with Gasteiger partial charge in [-0.2, -0.15) is 0 Å². The number of oxazole rings is 1. The number of amides is 1. The third kappa shape index (κ3) is 4.88. The number of benzene rings is 2. The second-order valence-electron chi connectivity index (χ2n) is 5.43. The Morgan fingerprint density at radius 1 is 1.04 bits per heavy atom. The smallest absolute Gasteiger partial charge is 0.257 e. The molecule has 9 heteroatoms. The summed E-state index contributed by atoms with van der Waals surface area (Å²) in [7, 11) is 0. The summed E-state index contributed by atoms with van der Waals surface area (Å²) >= 11 is 4.21. The molecule has 0 fully saturated rings. The molecular weight excluding hydrogens is 400 g/mol. The van der Waals surface area contributed by atoms with Gasteiger partial charge in [-0.3, -0.25) is 10.1 Å². The molecule has 136 valence electrons. The van der Waals surface area contributed by atoms with Crippen LogP contribution in [0.5, 0.6) is 0 Å². The van der Waals surface area contributed by atoms with Crippen molar-refractivity contribution in [3.63, 3.8) is 0 Å². The first kappa shape index (κ1) is 18.0. The van der Waals surface area contributed by atoms with Gasteiger partial charge in [0.05, 0.1) is 5.75 Å². The summed E-state index contributed by atoms with van der Waals surface area (Å²) in [6.07, 6.45) is 0. The van der Waals surface area contributed by atoms with Crippen LogP contribution in [0.3, 0.4) is 0 Å². The number of hydrogen-bond acceptors (Lipinski definition) is 8. The number of anilines is 1. The van der Waals surface area contributed by atoms with Crippen molar-refractivity contribution < 1.29 is 9.21 Å². The maximum atomic E-state index is 12.1. The van der Waals surface area contributed by atoms with Crippen LogP contribution in [0.2, 0.25) is 0 Å². The van der Waals surface area contributed by atoms with E-state index < -0.39 is 0 Å². The van der Waals surface area contributed by atoms with E-state index in [1.54, 1.807) is 11.8 Å². The van der Waals surface area contributed by atoms with Crippen molar-refractivity contribution in [3.05, 3.63) is 60.2 Å². The quantitative estimate of drug-likeness (QED) is 0.347. The molecule has 2 aromatic carbocycles. The fraction of sp³-hybridized carbons (Fsp3) is 0.111. The number of para-hydroxylation sites is 2. The van der Waals surface area contributed by atoms with Crippen molar-refractivity contribution in [2.75, 3.05) is 11.1 Å². The van der Waals surface area contributed by atoms with Crippen molar-refractivity contribution in [3.8, 4) is 0 Å². The van der Waals surface area contributed by atoms with E-state index in [-0.39, 0.29) is 11.7 Å². The molecule has 1 N–H and O–H groups in total. The highest BCUT2D eigenvalue weighted by Crippen LogP contribution is 2.28. The molecule has 4 rings (SSSR count). The molecule has 6 nitrogen and oxygen atoms in total. The second kappa shape index (κ2) is 8.55. The van der Waals surface area contributed by atoms with Crippen LogP contribution in [0.4, 0.5) is 5.13 Å². The lowest BCUT2D eigenvalue weighted by Gasteiger charge is -1.98. The zero-order valence-electron chi connectivity index (χ0n) is 14.0. The minimum absolute atomic E-state index is 0.169. The number of hydrogen-bond donors (Lipinski definition) is 1. The molecule has 0 atom stereocenters. The highest BCUT2D eigenvalue weighted by Gasteiger charge is 2.12. The van der Waals surface area contributed by atoms with Crippen LogP contribution in [-0.2, 0) is 10.5 Å². The van der Waals surface area contributed by atoms with Crippen LogP contribution in [0.1, 0.15) is 5.56 Å². The second-order valence-corrected chi connectivity index (χ2v) is 8.56. The van der Waals surface area contributed by atoms with Crippen molar-refractivity contribution in [2.45, 2.75) is 15.3 Å². The maximum Gasteiger partial charge on any atom is 0.257 e. The molecule has 2 aromatic heterocycles. The number of carbonyl (C=O) groups excluding carboxylic acids is 1. The molecule has 0 unspecified atom stereocenters. The average molecular weight is 415 g/mol. The first-order valence-corrected chi connectivity index (χ1v) is 10.8. The Bertz CT molecular complexity index is 1020. The van der Waals surface area contributed by atoms with Crippen molar-refractivity contribution >= 4 is 57.0 Å². The summed E-state index contributed by atoms with van der Waals surface area (Å²) in [4.78, 5) is 16.5. The van der Waals surface area contributed by atoms with Gasteiger partial charge in [-0.25, -0.2) is 4.98 Å². The van der Waals surface area contributed by atoms with E-state index in [2.05, 4.69) is 32.6 Å². The molecule has 0 radical (unpaired) electrons.